The minimum absolute atomic E-state index is 0.00560. The normalized spacial score (nSPS) is 13.3. The number of fused-ring (bicyclic) bond motifs is 2. The molecule has 138 valence electrons. The lowest BCUT2D eigenvalue weighted by molar-refractivity contribution is -0.384. The molecule has 4 rings (SSSR count). The van der Waals surface area contributed by atoms with Crippen LogP contribution in [0.4, 0.5) is 5.69 Å². The molecule has 9 heteroatoms. The molecule has 0 N–H and O–H groups in total. The summed E-state index contributed by atoms with van der Waals surface area (Å²) in [5.74, 6) is 1.07. The number of hydrogen-bond donors (Lipinski definition) is 0. The molecule has 0 atom stereocenters. The molecule has 0 bridgehead atoms. The van der Waals surface area contributed by atoms with Crippen molar-refractivity contribution in [2.45, 2.75) is 19.9 Å². The molecule has 0 unspecified atom stereocenters. The minimum atomic E-state index is -0.470. The number of non-ortho nitro benzene ring substituents is 1. The third-order valence-electron chi connectivity index (χ3n) is 4.22. The number of amides is 1. The quantitative estimate of drug-likeness (QED) is 0.508. The second-order valence-corrected chi connectivity index (χ2v) is 6.92. The number of nitro groups is 1. The molecular formula is C18H15N3O5S. The third-order valence-corrected chi connectivity index (χ3v) is 5.26. The smallest absolute Gasteiger partial charge is 0.269 e. The summed E-state index contributed by atoms with van der Waals surface area (Å²) in [6, 6.07) is 9.71. The van der Waals surface area contributed by atoms with E-state index in [1.165, 1.54) is 23.5 Å². The van der Waals surface area contributed by atoms with Gasteiger partial charge in [0.2, 0.25) is 6.79 Å². The van der Waals surface area contributed by atoms with Gasteiger partial charge in [-0.25, -0.2) is 0 Å². The van der Waals surface area contributed by atoms with Gasteiger partial charge in [-0.15, -0.1) is 0 Å². The Balaban J connectivity index is 1.65. The number of nitrogens with zero attached hydrogens (tertiary/aromatic N) is 3. The first-order valence-corrected chi connectivity index (χ1v) is 9.10. The summed E-state index contributed by atoms with van der Waals surface area (Å²) in [6.07, 6.45) is 0.0820. The molecule has 2 heterocycles. The van der Waals surface area contributed by atoms with Crippen LogP contribution in [0.15, 0.2) is 41.4 Å². The van der Waals surface area contributed by atoms with Gasteiger partial charge in [0.25, 0.3) is 11.6 Å². The Hall–Kier alpha value is -3.20. The van der Waals surface area contributed by atoms with Crippen LogP contribution in [-0.4, -0.2) is 22.2 Å². The zero-order chi connectivity index (χ0) is 19.0. The van der Waals surface area contributed by atoms with Crippen molar-refractivity contribution >= 4 is 33.1 Å². The number of hydrogen-bond acceptors (Lipinski definition) is 6. The van der Waals surface area contributed by atoms with Crippen molar-refractivity contribution in [2.75, 3.05) is 6.79 Å². The van der Waals surface area contributed by atoms with Crippen LogP contribution >= 0.6 is 11.3 Å². The summed E-state index contributed by atoms with van der Waals surface area (Å²) in [5, 5.41) is 10.7. The molecule has 1 aromatic heterocycles. The van der Waals surface area contributed by atoms with E-state index in [2.05, 4.69) is 4.99 Å². The monoisotopic (exact) mass is 385 g/mol. The number of rotatable bonds is 4. The second kappa shape index (κ2) is 6.84. The molecule has 0 spiro atoms. The lowest BCUT2D eigenvalue weighted by Gasteiger charge is -2.01. The van der Waals surface area contributed by atoms with Crippen LogP contribution < -0.4 is 14.3 Å². The van der Waals surface area contributed by atoms with Gasteiger partial charge in [0.15, 0.2) is 16.3 Å². The van der Waals surface area contributed by atoms with E-state index in [0.29, 0.717) is 28.4 Å². The van der Waals surface area contributed by atoms with Crippen LogP contribution in [0.2, 0.25) is 0 Å². The van der Waals surface area contributed by atoms with Gasteiger partial charge in [0.1, 0.15) is 0 Å². The molecular weight excluding hydrogens is 370 g/mol. The van der Waals surface area contributed by atoms with Crippen molar-refractivity contribution in [3.8, 4) is 11.5 Å². The summed E-state index contributed by atoms with van der Waals surface area (Å²) in [5.41, 5.74) is 1.61. The van der Waals surface area contributed by atoms with E-state index in [4.69, 9.17) is 9.47 Å². The third kappa shape index (κ3) is 3.28. The van der Waals surface area contributed by atoms with Gasteiger partial charge in [0, 0.05) is 30.8 Å². The number of nitro benzene ring substituents is 1. The van der Waals surface area contributed by atoms with E-state index in [1.54, 1.807) is 12.1 Å². The van der Waals surface area contributed by atoms with E-state index in [0.717, 1.165) is 10.2 Å². The fraction of sp³-hybridized carbons (Fsp3) is 0.222. The van der Waals surface area contributed by atoms with Crippen molar-refractivity contribution in [3.05, 3.63) is 56.9 Å². The number of benzene rings is 2. The molecule has 1 aliphatic heterocycles. The van der Waals surface area contributed by atoms with Gasteiger partial charge in [-0.05, 0) is 12.5 Å². The molecule has 0 aliphatic carbocycles. The van der Waals surface area contributed by atoms with E-state index in [-0.39, 0.29) is 24.8 Å². The van der Waals surface area contributed by atoms with Crippen molar-refractivity contribution in [2.24, 2.45) is 4.99 Å². The van der Waals surface area contributed by atoms with Crippen molar-refractivity contribution in [3.63, 3.8) is 0 Å². The zero-order valence-electron chi connectivity index (χ0n) is 14.4. The minimum Gasteiger partial charge on any atom is -0.454 e. The Morgan fingerprint density at radius 1 is 1.26 bits per heavy atom. The standard InChI is InChI=1S/C18H15N3O5S/c1-2-20-13-8-14-15(26-10-25-14)9-16(13)27-18(20)19-17(22)7-11-3-5-12(6-4-11)21(23)24/h3-6,8-9H,2,7,10H2,1H3. The summed E-state index contributed by atoms with van der Waals surface area (Å²) in [7, 11) is 0. The predicted molar refractivity (Wildman–Crippen MR) is 99.0 cm³/mol. The Bertz CT molecular complexity index is 1110. The van der Waals surface area contributed by atoms with Crippen LogP contribution in [0.5, 0.6) is 11.5 Å². The number of aryl methyl sites for hydroxylation is 1. The Morgan fingerprint density at radius 3 is 2.63 bits per heavy atom. The molecule has 0 saturated heterocycles. The highest BCUT2D eigenvalue weighted by Crippen LogP contribution is 2.36. The first-order valence-electron chi connectivity index (χ1n) is 8.29. The first-order chi connectivity index (χ1) is 13.0. The van der Waals surface area contributed by atoms with Crippen LogP contribution in [0.1, 0.15) is 12.5 Å². The molecule has 3 aromatic rings. The first kappa shape index (κ1) is 17.2. The maximum absolute atomic E-state index is 12.4. The number of ether oxygens (including phenoxy) is 2. The largest absolute Gasteiger partial charge is 0.454 e. The maximum atomic E-state index is 12.4. The highest BCUT2D eigenvalue weighted by molar-refractivity contribution is 7.16. The van der Waals surface area contributed by atoms with E-state index in [9.17, 15) is 14.9 Å². The van der Waals surface area contributed by atoms with Gasteiger partial charge in [-0.2, -0.15) is 4.99 Å². The second-order valence-electron chi connectivity index (χ2n) is 5.91. The van der Waals surface area contributed by atoms with E-state index in [1.807, 2.05) is 23.6 Å². The molecule has 1 amide bonds. The van der Waals surface area contributed by atoms with Gasteiger partial charge in [-0.3, -0.25) is 14.9 Å². The molecule has 27 heavy (non-hydrogen) atoms. The fourth-order valence-corrected chi connectivity index (χ4v) is 4.03. The van der Waals surface area contributed by atoms with Gasteiger partial charge >= 0.3 is 0 Å². The predicted octanol–water partition coefficient (Wildman–Crippen LogP) is 3.03. The molecule has 8 nitrogen and oxygen atoms in total. The highest BCUT2D eigenvalue weighted by atomic mass is 32.1. The lowest BCUT2D eigenvalue weighted by Crippen LogP contribution is -2.16. The molecule has 0 saturated carbocycles. The molecule has 0 fully saturated rings. The zero-order valence-corrected chi connectivity index (χ0v) is 15.2. The maximum Gasteiger partial charge on any atom is 0.269 e. The van der Waals surface area contributed by atoms with E-state index >= 15 is 0 Å². The highest BCUT2D eigenvalue weighted by Gasteiger charge is 2.17. The Kier molecular flexibility index (Phi) is 4.36. The van der Waals surface area contributed by atoms with Crippen LogP contribution in [-0.2, 0) is 17.8 Å². The average Bonchev–Trinajstić information content (AvgIpc) is 3.22. The summed E-state index contributed by atoms with van der Waals surface area (Å²) in [4.78, 5) is 27.5. The van der Waals surface area contributed by atoms with E-state index < -0.39 is 4.92 Å². The van der Waals surface area contributed by atoms with Crippen LogP contribution in [0.3, 0.4) is 0 Å². The lowest BCUT2D eigenvalue weighted by atomic mass is 10.1. The van der Waals surface area contributed by atoms with Crippen molar-refractivity contribution in [1.29, 1.82) is 0 Å². The van der Waals surface area contributed by atoms with Gasteiger partial charge in [-0.1, -0.05) is 23.5 Å². The van der Waals surface area contributed by atoms with Crippen molar-refractivity contribution in [1.82, 2.24) is 4.57 Å². The topological polar surface area (TPSA) is 96.0 Å². The van der Waals surface area contributed by atoms with Gasteiger partial charge in [0.05, 0.1) is 21.6 Å². The Labute approximate surface area is 157 Å². The summed E-state index contributed by atoms with van der Waals surface area (Å²) in [6.45, 7) is 2.85. The average molecular weight is 385 g/mol. The van der Waals surface area contributed by atoms with Gasteiger partial charge < -0.3 is 14.0 Å². The van der Waals surface area contributed by atoms with Crippen LogP contribution in [0, 0.1) is 10.1 Å². The fourth-order valence-electron chi connectivity index (χ4n) is 2.91. The molecule has 0 radical (unpaired) electrons. The Morgan fingerprint density at radius 2 is 1.96 bits per heavy atom. The number of carbonyl (C=O) groups is 1. The number of carbonyl (C=O) groups excluding carboxylic acids is 1. The SMILES string of the molecule is CCn1c(=NC(=O)Cc2ccc([N+](=O)[O-])cc2)sc2cc3c(cc21)OCO3. The summed E-state index contributed by atoms with van der Waals surface area (Å²) >= 11 is 1.41. The number of aromatic nitrogens is 1. The van der Waals surface area contributed by atoms with Crippen LogP contribution in [0.25, 0.3) is 10.2 Å². The molecule has 1 aliphatic rings. The number of thiazole rings is 1. The summed E-state index contributed by atoms with van der Waals surface area (Å²) < 4.78 is 13.7. The van der Waals surface area contributed by atoms with Crippen molar-refractivity contribution < 1.29 is 19.2 Å². The molecule has 2 aromatic carbocycles.